The van der Waals surface area contributed by atoms with E-state index in [1.54, 1.807) is 0 Å². The lowest BCUT2D eigenvalue weighted by atomic mass is 9.68. The molecule has 116 valence electrons. The highest BCUT2D eigenvalue weighted by Crippen LogP contribution is 2.43. The molecule has 0 N–H and O–H groups in total. The first-order valence-electron chi connectivity index (χ1n) is 7.27. The zero-order chi connectivity index (χ0) is 15.8. The highest BCUT2D eigenvalue weighted by Gasteiger charge is 2.46. The Morgan fingerprint density at radius 1 is 1.14 bits per heavy atom. The van der Waals surface area contributed by atoms with E-state index in [-0.39, 0.29) is 11.0 Å². The van der Waals surface area contributed by atoms with E-state index < -0.39 is 28.6 Å². The molecule has 0 amide bonds. The third-order valence-corrected chi connectivity index (χ3v) is 4.73. The molecule has 2 rings (SSSR count). The van der Waals surface area contributed by atoms with Gasteiger partial charge >= 0.3 is 0 Å². The third-order valence-electron chi connectivity index (χ3n) is 4.73. The SMILES string of the molecule is COC1(C(=O)c2c(F)ccc(C)c2F)CCC(C)(C)CC1. The molecule has 0 unspecified atom stereocenters. The quantitative estimate of drug-likeness (QED) is 0.771. The second-order valence-electron chi connectivity index (χ2n) is 6.75. The zero-order valence-corrected chi connectivity index (χ0v) is 13.1. The average Bonchev–Trinajstić information content (AvgIpc) is 2.44. The minimum absolute atomic E-state index is 0.131. The van der Waals surface area contributed by atoms with Crippen LogP contribution in [0.2, 0.25) is 0 Å². The summed E-state index contributed by atoms with van der Waals surface area (Å²) >= 11 is 0. The Hall–Kier alpha value is -1.29. The van der Waals surface area contributed by atoms with Crippen molar-refractivity contribution in [3.63, 3.8) is 0 Å². The number of ether oxygens (including phenoxy) is 1. The van der Waals surface area contributed by atoms with Gasteiger partial charge in [0.2, 0.25) is 5.78 Å². The van der Waals surface area contributed by atoms with Crippen LogP contribution in [-0.4, -0.2) is 18.5 Å². The molecular weight excluding hydrogens is 274 g/mol. The summed E-state index contributed by atoms with van der Waals surface area (Å²) in [5.41, 5.74) is -1.17. The van der Waals surface area contributed by atoms with E-state index in [9.17, 15) is 13.6 Å². The molecule has 0 aromatic heterocycles. The van der Waals surface area contributed by atoms with Gasteiger partial charge in [-0.2, -0.15) is 0 Å². The van der Waals surface area contributed by atoms with E-state index in [2.05, 4.69) is 13.8 Å². The van der Waals surface area contributed by atoms with E-state index in [4.69, 9.17) is 4.74 Å². The number of carbonyl (C=O) groups is 1. The minimum atomic E-state index is -1.11. The molecule has 0 saturated heterocycles. The van der Waals surface area contributed by atoms with Gasteiger partial charge in [0.25, 0.3) is 0 Å². The predicted octanol–water partition coefficient (Wildman–Crippen LogP) is 4.44. The molecule has 1 aromatic carbocycles. The van der Waals surface area contributed by atoms with Crippen LogP contribution in [0.5, 0.6) is 0 Å². The van der Waals surface area contributed by atoms with Crippen LogP contribution in [0.3, 0.4) is 0 Å². The molecule has 0 aliphatic heterocycles. The summed E-state index contributed by atoms with van der Waals surface area (Å²) in [4.78, 5) is 12.8. The third kappa shape index (κ3) is 2.86. The molecule has 1 aliphatic rings. The van der Waals surface area contributed by atoms with Crippen LogP contribution in [0, 0.1) is 24.0 Å². The number of ketones is 1. The maximum absolute atomic E-state index is 14.2. The van der Waals surface area contributed by atoms with Gasteiger partial charge in [-0.3, -0.25) is 4.79 Å². The fourth-order valence-electron chi connectivity index (χ4n) is 2.95. The number of benzene rings is 1. The highest BCUT2D eigenvalue weighted by molar-refractivity contribution is 6.03. The van der Waals surface area contributed by atoms with Crippen molar-refractivity contribution < 1.29 is 18.3 Å². The van der Waals surface area contributed by atoms with Crippen LogP contribution in [0.1, 0.15) is 55.5 Å². The fourth-order valence-corrected chi connectivity index (χ4v) is 2.95. The number of hydrogen-bond acceptors (Lipinski definition) is 2. The van der Waals surface area contributed by atoms with Crippen LogP contribution in [0.15, 0.2) is 12.1 Å². The van der Waals surface area contributed by atoms with Crippen LogP contribution < -0.4 is 0 Å². The first-order valence-corrected chi connectivity index (χ1v) is 7.27. The molecule has 0 bridgehead atoms. The second-order valence-corrected chi connectivity index (χ2v) is 6.75. The molecule has 0 heterocycles. The molecule has 1 aliphatic carbocycles. The van der Waals surface area contributed by atoms with Crippen molar-refractivity contribution in [2.24, 2.45) is 5.41 Å². The number of rotatable bonds is 3. The molecule has 1 saturated carbocycles. The number of aryl methyl sites for hydroxylation is 1. The van der Waals surface area contributed by atoms with Gasteiger partial charge in [-0.25, -0.2) is 8.78 Å². The molecule has 21 heavy (non-hydrogen) atoms. The number of hydrogen-bond donors (Lipinski definition) is 0. The van der Waals surface area contributed by atoms with E-state index in [0.717, 1.165) is 18.9 Å². The van der Waals surface area contributed by atoms with E-state index in [1.807, 2.05) is 0 Å². The summed E-state index contributed by atoms with van der Waals surface area (Å²) in [5.74, 6) is -2.16. The Bertz CT molecular complexity index is 554. The normalized spacial score (nSPS) is 20.3. The summed E-state index contributed by atoms with van der Waals surface area (Å²) in [6, 6.07) is 2.48. The zero-order valence-electron chi connectivity index (χ0n) is 13.1. The molecule has 0 atom stereocenters. The van der Waals surface area contributed by atoms with E-state index >= 15 is 0 Å². The van der Waals surface area contributed by atoms with E-state index in [0.29, 0.717) is 12.8 Å². The Kier molecular flexibility index (Phi) is 4.20. The van der Waals surface area contributed by atoms with Crippen molar-refractivity contribution in [2.75, 3.05) is 7.11 Å². The Balaban J connectivity index is 2.41. The van der Waals surface area contributed by atoms with Crippen LogP contribution in [0.25, 0.3) is 0 Å². The predicted molar refractivity (Wildman–Crippen MR) is 77.4 cm³/mol. The number of carbonyl (C=O) groups excluding carboxylic acids is 1. The summed E-state index contributed by atoms with van der Waals surface area (Å²) in [5, 5.41) is 0. The summed E-state index contributed by atoms with van der Waals surface area (Å²) in [7, 11) is 1.45. The highest BCUT2D eigenvalue weighted by atomic mass is 19.1. The monoisotopic (exact) mass is 296 g/mol. The smallest absolute Gasteiger partial charge is 0.200 e. The van der Waals surface area contributed by atoms with Gasteiger partial charge in [0.15, 0.2) is 0 Å². The molecule has 1 fully saturated rings. The maximum atomic E-state index is 14.2. The molecule has 4 heteroatoms. The van der Waals surface area contributed by atoms with Gasteiger partial charge in [-0.15, -0.1) is 0 Å². The van der Waals surface area contributed by atoms with Gasteiger partial charge < -0.3 is 4.74 Å². The van der Waals surface area contributed by atoms with Gasteiger partial charge in [0.05, 0.1) is 5.56 Å². The van der Waals surface area contributed by atoms with Crippen molar-refractivity contribution in [1.29, 1.82) is 0 Å². The number of halogens is 2. The lowest BCUT2D eigenvalue weighted by Gasteiger charge is -2.41. The molecule has 1 aromatic rings. The average molecular weight is 296 g/mol. The summed E-state index contributed by atoms with van der Waals surface area (Å²) in [6.45, 7) is 5.78. The maximum Gasteiger partial charge on any atom is 0.200 e. The van der Waals surface area contributed by atoms with Crippen molar-refractivity contribution in [2.45, 2.75) is 52.1 Å². The van der Waals surface area contributed by atoms with Crippen molar-refractivity contribution in [3.8, 4) is 0 Å². The van der Waals surface area contributed by atoms with Gasteiger partial charge in [0.1, 0.15) is 17.2 Å². The standard InChI is InChI=1S/C17H22F2O2/c1-11-5-6-12(18)13(14(11)19)15(20)17(21-4)9-7-16(2,3)8-10-17/h5-6H,7-10H2,1-4H3. The second kappa shape index (κ2) is 5.48. The fraction of sp³-hybridized carbons (Fsp3) is 0.588. The van der Waals surface area contributed by atoms with Gasteiger partial charge in [-0.05, 0) is 49.7 Å². The molecule has 2 nitrogen and oxygen atoms in total. The Morgan fingerprint density at radius 3 is 2.24 bits per heavy atom. The molecular formula is C17H22F2O2. The van der Waals surface area contributed by atoms with Gasteiger partial charge in [0, 0.05) is 7.11 Å². The molecule has 0 radical (unpaired) electrons. The topological polar surface area (TPSA) is 26.3 Å². The number of Topliss-reactive ketones (excluding diaryl/α,β-unsaturated/α-hetero) is 1. The number of methoxy groups -OCH3 is 1. The van der Waals surface area contributed by atoms with E-state index in [1.165, 1.54) is 20.1 Å². The molecule has 0 spiro atoms. The van der Waals surface area contributed by atoms with Crippen molar-refractivity contribution in [3.05, 3.63) is 34.9 Å². The van der Waals surface area contributed by atoms with Gasteiger partial charge in [-0.1, -0.05) is 19.9 Å². The summed E-state index contributed by atoms with van der Waals surface area (Å²) < 4.78 is 33.6. The van der Waals surface area contributed by atoms with Crippen LogP contribution >= 0.6 is 0 Å². The Labute approximate surface area is 124 Å². The first kappa shape index (κ1) is 16.1. The van der Waals surface area contributed by atoms with Crippen LogP contribution in [-0.2, 0) is 4.74 Å². The lowest BCUT2D eigenvalue weighted by Crippen LogP contribution is -2.46. The first-order chi connectivity index (χ1) is 9.72. The largest absolute Gasteiger partial charge is 0.370 e. The summed E-state index contributed by atoms with van der Waals surface area (Å²) in [6.07, 6.45) is 2.56. The minimum Gasteiger partial charge on any atom is -0.370 e. The van der Waals surface area contributed by atoms with Crippen molar-refractivity contribution in [1.82, 2.24) is 0 Å². The Morgan fingerprint density at radius 2 is 1.71 bits per heavy atom. The van der Waals surface area contributed by atoms with Crippen molar-refractivity contribution >= 4 is 5.78 Å². The van der Waals surface area contributed by atoms with Crippen LogP contribution in [0.4, 0.5) is 8.78 Å². The lowest BCUT2D eigenvalue weighted by molar-refractivity contribution is -0.0387.